The lowest BCUT2D eigenvalue weighted by Crippen LogP contribution is -2.30. The van der Waals surface area contributed by atoms with Crippen LogP contribution >= 0.6 is 0 Å². The minimum absolute atomic E-state index is 0.317. The summed E-state index contributed by atoms with van der Waals surface area (Å²) in [7, 11) is 0. The fourth-order valence-corrected chi connectivity index (χ4v) is 2.46. The van der Waals surface area contributed by atoms with Gasteiger partial charge in [0, 0.05) is 28.9 Å². The number of hydrogen-bond donors (Lipinski definition) is 2. The zero-order valence-corrected chi connectivity index (χ0v) is 11.2. The van der Waals surface area contributed by atoms with E-state index in [2.05, 4.69) is 10.3 Å². The fourth-order valence-electron chi connectivity index (χ4n) is 2.46. The number of pyridine rings is 1. The summed E-state index contributed by atoms with van der Waals surface area (Å²) in [5.74, 6) is -1.34. The first-order valence-electron chi connectivity index (χ1n) is 6.67. The Kier molecular flexibility index (Phi) is 3.53. The zero-order chi connectivity index (χ0) is 14.8. The van der Waals surface area contributed by atoms with Crippen LogP contribution in [0.15, 0.2) is 36.7 Å². The fraction of sp³-hybridized carbons (Fsp3) is 0.267. The number of fused-ring (bicyclic) bond motifs is 1. The van der Waals surface area contributed by atoms with Crippen molar-refractivity contribution in [2.75, 3.05) is 5.32 Å². The predicted molar refractivity (Wildman–Crippen MR) is 75.9 cm³/mol. The van der Waals surface area contributed by atoms with Crippen molar-refractivity contribution >= 4 is 28.3 Å². The molecule has 1 aliphatic rings. The highest BCUT2D eigenvalue weighted by atomic mass is 16.5. The zero-order valence-electron chi connectivity index (χ0n) is 11.2. The molecule has 2 atom stereocenters. The average molecular weight is 286 g/mol. The van der Waals surface area contributed by atoms with Crippen LogP contribution in [-0.4, -0.2) is 34.2 Å². The first kappa shape index (κ1) is 13.5. The van der Waals surface area contributed by atoms with Crippen LogP contribution in [0, 0.1) is 0 Å². The average Bonchev–Trinajstić information content (AvgIpc) is 2.98. The number of carbonyl (C=O) groups is 2. The molecule has 1 aliphatic heterocycles. The third-order valence-electron chi connectivity index (χ3n) is 3.53. The molecule has 2 heterocycles. The van der Waals surface area contributed by atoms with Gasteiger partial charge in [-0.25, -0.2) is 4.79 Å². The summed E-state index contributed by atoms with van der Waals surface area (Å²) in [5.41, 5.74) is 0.669. The number of rotatable bonds is 3. The Hall–Kier alpha value is -2.47. The molecule has 0 bridgehead atoms. The van der Waals surface area contributed by atoms with Crippen molar-refractivity contribution in [3.05, 3.63) is 36.7 Å². The summed E-state index contributed by atoms with van der Waals surface area (Å²) >= 11 is 0. The molecule has 21 heavy (non-hydrogen) atoms. The number of anilines is 1. The molecule has 1 aromatic carbocycles. The molecule has 2 aromatic rings. The van der Waals surface area contributed by atoms with Crippen LogP contribution in [-0.2, 0) is 14.3 Å². The van der Waals surface area contributed by atoms with Crippen molar-refractivity contribution in [1.29, 1.82) is 0 Å². The largest absolute Gasteiger partial charge is 0.479 e. The minimum atomic E-state index is -1.03. The molecule has 0 aliphatic carbocycles. The number of ether oxygens (including phenoxy) is 1. The lowest BCUT2D eigenvalue weighted by molar-refractivity contribution is -0.150. The number of hydrogen-bond acceptors (Lipinski definition) is 4. The van der Waals surface area contributed by atoms with Gasteiger partial charge in [0.25, 0.3) is 5.91 Å². The number of carbonyl (C=O) groups excluding carboxylic acids is 1. The number of aliphatic carboxylic acids is 1. The Labute approximate surface area is 120 Å². The third kappa shape index (κ3) is 2.71. The topological polar surface area (TPSA) is 88.5 Å². The van der Waals surface area contributed by atoms with Crippen molar-refractivity contribution in [3.8, 4) is 0 Å². The maximum Gasteiger partial charge on any atom is 0.332 e. The molecule has 0 saturated carbocycles. The number of carboxylic acids is 1. The number of amides is 1. The second-order valence-electron chi connectivity index (χ2n) is 4.92. The summed E-state index contributed by atoms with van der Waals surface area (Å²) in [4.78, 5) is 27.1. The lowest BCUT2D eigenvalue weighted by Gasteiger charge is -2.13. The Morgan fingerprint density at radius 3 is 2.81 bits per heavy atom. The van der Waals surface area contributed by atoms with E-state index >= 15 is 0 Å². The molecule has 0 radical (unpaired) electrons. The number of aromatic nitrogens is 1. The van der Waals surface area contributed by atoms with Crippen molar-refractivity contribution in [3.63, 3.8) is 0 Å². The minimum Gasteiger partial charge on any atom is -0.479 e. The third-order valence-corrected chi connectivity index (χ3v) is 3.53. The molecule has 6 heteroatoms. The van der Waals surface area contributed by atoms with E-state index < -0.39 is 18.2 Å². The first-order chi connectivity index (χ1) is 10.1. The van der Waals surface area contributed by atoms with E-state index in [1.165, 1.54) is 0 Å². The van der Waals surface area contributed by atoms with Gasteiger partial charge in [-0.05, 0) is 25.0 Å². The number of nitrogens with one attached hydrogen (secondary N) is 1. The van der Waals surface area contributed by atoms with Gasteiger partial charge in [-0.3, -0.25) is 9.78 Å². The number of carboxylic acid groups (broad SMARTS) is 1. The van der Waals surface area contributed by atoms with Gasteiger partial charge in [-0.1, -0.05) is 12.1 Å². The maximum absolute atomic E-state index is 12.2. The van der Waals surface area contributed by atoms with Gasteiger partial charge in [0.1, 0.15) is 6.10 Å². The highest BCUT2D eigenvalue weighted by molar-refractivity contribution is 6.03. The SMILES string of the molecule is O=C(Nc1cccc2cnccc12)[C@@H]1CC[C@H](C(=O)O)O1. The van der Waals surface area contributed by atoms with E-state index in [1.807, 2.05) is 18.2 Å². The molecule has 1 saturated heterocycles. The van der Waals surface area contributed by atoms with Gasteiger partial charge in [0.2, 0.25) is 0 Å². The van der Waals surface area contributed by atoms with Crippen LogP contribution in [0.1, 0.15) is 12.8 Å². The molecule has 6 nitrogen and oxygen atoms in total. The molecule has 0 spiro atoms. The molecule has 0 unspecified atom stereocenters. The lowest BCUT2D eigenvalue weighted by atomic mass is 10.1. The van der Waals surface area contributed by atoms with Gasteiger partial charge >= 0.3 is 5.97 Å². The van der Waals surface area contributed by atoms with Crippen LogP contribution in [0.25, 0.3) is 10.8 Å². The van der Waals surface area contributed by atoms with Crippen molar-refractivity contribution in [2.45, 2.75) is 25.0 Å². The summed E-state index contributed by atoms with van der Waals surface area (Å²) in [5, 5.41) is 13.5. The number of nitrogens with zero attached hydrogens (tertiary/aromatic N) is 1. The highest BCUT2D eigenvalue weighted by Gasteiger charge is 2.34. The smallest absolute Gasteiger partial charge is 0.332 e. The standard InChI is InChI=1S/C15H14N2O4/c18-14(12-4-5-13(21-12)15(19)20)17-11-3-1-2-9-8-16-7-6-10(9)11/h1-3,6-8,12-13H,4-5H2,(H,17,18)(H,19,20)/t12-,13+/m0/s1. The van der Waals surface area contributed by atoms with Crippen molar-refractivity contribution < 1.29 is 19.4 Å². The van der Waals surface area contributed by atoms with Crippen molar-refractivity contribution in [2.24, 2.45) is 0 Å². The molecule has 1 amide bonds. The summed E-state index contributed by atoms with van der Waals surface area (Å²) in [6, 6.07) is 7.35. The van der Waals surface area contributed by atoms with Crippen LogP contribution in [0.4, 0.5) is 5.69 Å². The van der Waals surface area contributed by atoms with Crippen LogP contribution in [0.5, 0.6) is 0 Å². The Balaban J connectivity index is 1.77. The Morgan fingerprint density at radius 1 is 1.24 bits per heavy atom. The molecule has 2 N–H and O–H groups in total. The van der Waals surface area contributed by atoms with Crippen molar-refractivity contribution in [1.82, 2.24) is 4.98 Å². The second kappa shape index (κ2) is 5.49. The molecule has 1 fully saturated rings. The van der Waals surface area contributed by atoms with Crippen LogP contribution in [0.3, 0.4) is 0 Å². The Morgan fingerprint density at radius 2 is 2.05 bits per heavy atom. The van der Waals surface area contributed by atoms with E-state index in [-0.39, 0.29) is 5.91 Å². The quantitative estimate of drug-likeness (QED) is 0.898. The summed E-state index contributed by atoms with van der Waals surface area (Å²) < 4.78 is 5.24. The molecular weight excluding hydrogens is 272 g/mol. The Bertz CT molecular complexity index is 696. The van der Waals surface area contributed by atoms with E-state index in [1.54, 1.807) is 18.5 Å². The van der Waals surface area contributed by atoms with Gasteiger partial charge in [-0.15, -0.1) is 0 Å². The van der Waals surface area contributed by atoms with E-state index in [4.69, 9.17) is 9.84 Å². The first-order valence-corrected chi connectivity index (χ1v) is 6.67. The summed E-state index contributed by atoms with van der Waals surface area (Å²) in [6.07, 6.45) is 2.53. The van der Waals surface area contributed by atoms with Gasteiger partial charge < -0.3 is 15.2 Å². The predicted octanol–water partition coefficient (Wildman–Crippen LogP) is 1.81. The second-order valence-corrected chi connectivity index (χ2v) is 4.92. The highest BCUT2D eigenvalue weighted by Crippen LogP contribution is 2.25. The van der Waals surface area contributed by atoms with Gasteiger partial charge in [0.15, 0.2) is 6.10 Å². The summed E-state index contributed by atoms with van der Waals surface area (Å²) in [6.45, 7) is 0. The van der Waals surface area contributed by atoms with Crippen LogP contribution in [0.2, 0.25) is 0 Å². The monoisotopic (exact) mass is 286 g/mol. The van der Waals surface area contributed by atoms with Crippen LogP contribution < -0.4 is 5.32 Å². The van der Waals surface area contributed by atoms with Gasteiger partial charge in [0.05, 0.1) is 0 Å². The molecule has 3 rings (SSSR count). The molecule has 1 aromatic heterocycles. The van der Waals surface area contributed by atoms with E-state index in [0.29, 0.717) is 18.5 Å². The van der Waals surface area contributed by atoms with E-state index in [0.717, 1.165) is 10.8 Å². The maximum atomic E-state index is 12.2. The number of benzene rings is 1. The normalized spacial score (nSPS) is 21.3. The van der Waals surface area contributed by atoms with E-state index in [9.17, 15) is 9.59 Å². The molecular formula is C15H14N2O4. The molecule has 108 valence electrons. The van der Waals surface area contributed by atoms with Gasteiger partial charge in [-0.2, -0.15) is 0 Å².